The molecule has 0 aromatic heterocycles. The summed E-state index contributed by atoms with van der Waals surface area (Å²) < 4.78 is 22.0. The minimum Gasteiger partial charge on any atom is -0.397 e. The molecule has 0 fully saturated rings. The van der Waals surface area contributed by atoms with Gasteiger partial charge in [0.15, 0.2) is 0 Å². The molecular weight excluding hydrogens is 282 g/mol. The van der Waals surface area contributed by atoms with Crippen molar-refractivity contribution in [3.05, 3.63) is 58.6 Å². The standard InChI is InChI=1S/C12H11N3O4S/c13-11-6-1-2-7-12(11)14(20(18)19)9-4-3-5-10(8-9)15(16)17/h1-8H,13H2,(H,18,19). The van der Waals surface area contributed by atoms with Crippen LogP contribution in [-0.2, 0) is 11.3 Å². The number of rotatable bonds is 4. The van der Waals surface area contributed by atoms with Gasteiger partial charge in [0.1, 0.15) is 0 Å². The zero-order valence-corrected chi connectivity index (χ0v) is 11.0. The molecule has 0 amide bonds. The van der Waals surface area contributed by atoms with Gasteiger partial charge in [-0.25, -0.2) is 8.51 Å². The fraction of sp³-hybridized carbons (Fsp3) is 0. The van der Waals surface area contributed by atoms with Gasteiger partial charge in [-0.05, 0) is 18.2 Å². The largest absolute Gasteiger partial charge is 0.397 e. The summed E-state index contributed by atoms with van der Waals surface area (Å²) in [7, 11) is 0. The summed E-state index contributed by atoms with van der Waals surface area (Å²) in [5, 5.41) is 10.8. The molecule has 0 aliphatic heterocycles. The van der Waals surface area contributed by atoms with E-state index in [0.29, 0.717) is 11.4 Å². The van der Waals surface area contributed by atoms with Crippen molar-refractivity contribution in [2.24, 2.45) is 0 Å². The Kier molecular flexibility index (Phi) is 3.97. The second-order valence-electron chi connectivity index (χ2n) is 3.86. The van der Waals surface area contributed by atoms with Crippen LogP contribution in [0.25, 0.3) is 0 Å². The third-order valence-corrected chi connectivity index (χ3v) is 3.31. The fourth-order valence-corrected chi connectivity index (χ4v) is 2.35. The van der Waals surface area contributed by atoms with Crippen molar-refractivity contribution in [2.75, 3.05) is 10.0 Å². The topological polar surface area (TPSA) is 110 Å². The first-order valence-electron chi connectivity index (χ1n) is 5.51. The predicted octanol–water partition coefficient (Wildman–Crippen LogP) is 2.45. The fourth-order valence-electron chi connectivity index (χ4n) is 1.72. The van der Waals surface area contributed by atoms with Crippen LogP contribution >= 0.6 is 0 Å². The Labute approximate surface area is 117 Å². The van der Waals surface area contributed by atoms with Crippen LogP contribution in [0, 0.1) is 10.1 Å². The molecule has 2 aromatic carbocycles. The molecule has 0 aliphatic carbocycles. The lowest BCUT2D eigenvalue weighted by atomic mass is 10.2. The normalized spacial score (nSPS) is 11.8. The summed E-state index contributed by atoms with van der Waals surface area (Å²) in [5.74, 6) is 0. The molecule has 0 saturated heterocycles. The number of non-ortho nitro benzene ring substituents is 1. The molecular formula is C12H11N3O4S. The van der Waals surface area contributed by atoms with Crippen LogP contribution in [0.2, 0.25) is 0 Å². The van der Waals surface area contributed by atoms with E-state index >= 15 is 0 Å². The van der Waals surface area contributed by atoms with Gasteiger partial charge in [0.2, 0.25) is 0 Å². The third kappa shape index (κ3) is 2.76. The van der Waals surface area contributed by atoms with Crippen molar-refractivity contribution < 1.29 is 13.7 Å². The Balaban J connectivity index is 2.55. The van der Waals surface area contributed by atoms with Crippen LogP contribution in [-0.4, -0.2) is 13.7 Å². The van der Waals surface area contributed by atoms with Crippen LogP contribution in [0.4, 0.5) is 22.7 Å². The van der Waals surface area contributed by atoms with Gasteiger partial charge in [-0.3, -0.25) is 14.7 Å². The van der Waals surface area contributed by atoms with Crippen molar-refractivity contribution in [1.82, 2.24) is 0 Å². The van der Waals surface area contributed by atoms with Crippen LogP contribution in [0.5, 0.6) is 0 Å². The first-order chi connectivity index (χ1) is 9.50. The highest BCUT2D eigenvalue weighted by Crippen LogP contribution is 2.32. The quantitative estimate of drug-likeness (QED) is 0.389. The minimum atomic E-state index is -2.41. The monoisotopic (exact) mass is 293 g/mol. The molecule has 2 aromatic rings. The Morgan fingerprint density at radius 1 is 1.20 bits per heavy atom. The van der Waals surface area contributed by atoms with E-state index < -0.39 is 16.2 Å². The molecule has 0 spiro atoms. The van der Waals surface area contributed by atoms with Gasteiger partial charge in [0.05, 0.1) is 22.0 Å². The molecule has 1 atom stereocenters. The number of nitrogens with zero attached hydrogens (tertiary/aromatic N) is 2. The highest BCUT2D eigenvalue weighted by Gasteiger charge is 2.19. The number of anilines is 3. The lowest BCUT2D eigenvalue weighted by Crippen LogP contribution is -2.20. The number of nitrogens with two attached hydrogens (primary N) is 1. The third-order valence-electron chi connectivity index (χ3n) is 2.59. The first-order valence-corrected chi connectivity index (χ1v) is 6.57. The summed E-state index contributed by atoms with van der Waals surface area (Å²) >= 11 is -2.41. The first kappa shape index (κ1) is 14.0. The van der Waals surface area contributed by atoms with E-state index in [1.165, 1.54) is 24.3 Å². The Morgan fingerprint density at radius 2 is 1.90 bits per heavy atom. The second-order valence-corrected chi connectivity index (χ2v) is 4.69. The number of hydrogen-bond acceptors (Lipinski definition) is 4. The van der Waals surface area contributed by atoms with Crippen molar-refractivity contribution in [2.45, 2.75) is 0 Å². The van der Waals surface area contributed by atoms with Gasteiger partial charge in [-0.1, -0.05) is 18.2 Å². The van der Waals surface area contributed by atoms with Crippen LogP contribution in [0.1, 0.15) is 0 Å². The van der Waals surface area contributed by atoms with E-state index in [1.807, 2.05) is 0 Å². The van der Waals surface area contributed by atoms with Gasteiger partial charge in [-0.2, -0.15) is 0 Å². The second kappa shape index (κ2) is 5.68. The number of benzene rings is 2. The summed E-state index contributed by atoms with van der Waals surface area (Å²) in [4.78, 5) is 10.2. The maximum Gasteiger partial charge on any atom is 0.271 e. The number of nitrogen functional groups attached to an aromatic ring is 1. The van der Waals surface area contributed by atoms with E-state index in [4.69, 9.17) is 5.73 Å². The Bertz CT molecular complexity index is 677. The van der Waals surface area contributed by atoms with Crippen molar-refractivity contribution in [3.8, 4) is 0 Å². The molecule has 2 rings (SSSR count). The molecule has 7 nitrogen and oxygen atoms in total. The van der Waals surface area contributed by atoms with E-state index in [1.54, 1.807) is 24.3 Å². The van der Waals surface area contributed by atoms with Crippen LogP contribution < -0.4 is 10.0 Å². The smallest absolute Gasteiger partial charge is 0.271 e. The van der Waals surface area contributed by atoms with E-state index in [-0.39, 0.29) is 11.4 Å². The summed E-state index contributed by atoms with van der Waals surface area (Å²) in [6, 6.07) is 11.9. The Hall–Kier alpha value is -2.45. The van der Waals surface area contributed by atoms with Gasteiger partial charge in [-0.15, -0.1) is 0 Å². The number of para-hydroxylation sites is 2. The molecule has 104 valence electrons. The lowest BCUT2D eigenvalue weighted by molar-refractivity contribution is -0.384. The molecule has 0 saturated carbocycles. The zero-order valence-electron chi connectivity index (χ0n) is 10.2. The molecule has 0 heterocycles. The maximum absolute atomic E-state index is 11.5. The minimum absolute atomic E-state index is 0.174. The van der Waals surface area contributed by atoms with Crippen molar-refractivity contribution >= 4 is 34.0 Å². The summed E-state index contributed by atoms with van der Waals surface area (Å²) in [6.45, 7) is 0. The highest BCUT2D eigenvalue weighted by molar-refractivity contribution is 7.81. The van der Waals surface area contributed by atoms with Crippen LogP contribution in [0.15, 0.2) is 48.5 Å². The zero-order chi connectivity index (χ0) is 14.7. The van der Waals surface area contributed by atoms with Crippen molar-refractivity contribution in [3.63, 3.8) is 0 Å². The van der Waals surface area contributed by atoms with E-state index in [2.05, 4.69) is 0 Å². The lowest BCUT2D eigenvalue weighted by Gasteiger charge is -2.21. The molecule has 20 heavy (non-hydrogen) atoms. The number of hydrogen-bond donors (Lipinski definition) is 2. The van der Waals surface area contributed by atoms with E-state index in [9.17, 15) is 18.9 Å². The summed E-state index contributed by atoms with van der Waals surface area (Å²) in [6.07, 6.45) is 0. The number of nitro groups is 1. The molecule has 8 heteroatoms. The molecule has 0 bridgehead atoms. The van der Waals surface area contributed by atoms with Gasteiger partial charge < -0.3 is 5.73 Å². The Morgan fingerprint density at radius 3 is 2.50 bits per heavy atom. The molecule has 0 aliphatic rings. The van der Waals surface area contributed by atoms with Crippen LogP contribution in [0.3, 0.4) is 0 Å². The number of nitro benzene ring substituents is 1. The average molecular weight is 293 g/mol. The predicted molar refractivity (Wildman–Crippen MR) is 76.9 cm³/mol. The highest BCUT2D eigenvalue weighted by atomic mass is 32.2. The van der Waals surface area contributed by atoms with Gasteiger partial charge >= 0.3 is 0 Å². The molecule has 1 unspecified atom stereocenters. The average Bonchev–Trinajstić information content (AvgIpc) is 2.41. The van der Waals surface area contributed by atoms with Gasteiger partial charge in [0, 0.05) is 12.1 Å². The maximum atomic E-state index is 11.5. The molecule has 3 N–H and O–H groups in total. The SMILES string of the molecule is Nc1ccccc1N(c1cccc([N+](=O)[O-])c1)S(=O)O. The summed E-state index contributed by atoms with van der Waals surface area (Å²) in [5.41, 5.74) is 6.40. The van der Waals surface area contributed by atoms with Gasteiger partial charge in [0.25, 0.3) is 17.0 Å². The van der Waals surface area contributed by atoms with E-state index in [0.717, 1.165) is 4.31 Å². The molecule has 0 radical (unpaired) electrons. The van der Waals surface area contributed by atoms with Crippen molar-refractivity contribution in [1.29, 1.82) is 0 Å².